The smallest absolute Gasteiger partial charge is 0.138 e. The first-order valence-electron chi connectivity index (χ1n) is 11.0. The fraction of sp³-hybridized carbons (Fsp3) is 1.00. The lowest BCUT2D eigenvalue weighted by Crippen LogP contribution is -2.41. The van der Waals surface area contributed by atoms with Crippen molar-refractivity contribution < 1.29 is 19.6 Å². The first-order valence-corrected chi connectivity index (χ1v) is 11.8. The molecular weight excluding hydrogens is 362 g/mol. The number of nitrogens with zero attached hydrogens (tertiary/aromatic N) is 2. The summed E-state index contributed by atoms with van der Waals surface area (Å²) in [5.41, 5.74) is 5.60. The molecule has 0 amide bonds. The van der Waals surface area contributed by atoms with Crippen molar-refractivity contribution in [2.24, 2.45) is 5.11 Å². The molecule has 7 heteroatoms. The Morgan fingerprint density at radius 2 is 1.67 bits per heavy atom. The summed E-state index contributed by atoms with van der Waals surface area (Å²) in [6, 6.07) is 0.111. The normalized spacial score (nSPS) is 23.0. The van der Waals surface area contributed by atoms with E-state index in [1.807, 2.05) is 5.06 Å². The monoisotopic (exact) mass is 404 g/mol. The molecule has 0 bridgehead atoms. The average molecular weight is 405 g/mol. The highest BCUT2D eigenvalue weighted by Crippen LogP contribution is 2.32. The molecule has 0 saturated heterocycles. The zero-order chi connectivity index (χ0) is 19.7. The average Bonchev–Trinajstić information content (AvgIpc) is 2.69. The predicted octanol–water partition coefficient (Wildman–Crippen LogP) is 4.50. The quantitative estimate of drug-likeness (QED) is 0.127. The second kappa shape index (κ2) is 16.7. The number of rotatable bonds is 17. The molecule has 6 nitrogen and oxygen atoms in total. The van der Waals surface area contributed by atoms with Crippen LogP contribution in [0, 0.1) is 0 Å². The molecule has 1 fully saturated rings. The second-order valence-corrected chi connectivity index (χ2v) is 8.49. The molecule has 3 atom stereocenters. The Morgan fingerprint density at radius 1 is 0.963 bits per heavy atom. The van der Waals surface area contributed by atoms with Crippen molar-refractivity contribution in [3.63, 3.8) is 0 Å². The SMILES string of the molecule is CCCCCCOC1CC(SOON(CCCC)CCCC)CCC1N=[NH2+]. The van der Waals surface area contributed by atoms with Crippen LogP contribution in [-0.4, -0.2) is 42.2 Å². The van der Waals surface area contributed by atoms with Gasteiger partial charge in [0.05, 0.1) is 6.10 Å². The Balaban J connectivity index is 2.31. The van der Waals surface area contributed by atoms with Crippen LogP contribution < -0.4 is 5.53 Å². The van der Waals surface area contributed by atoms with E-state index < -0.39 is 0 Å². The third-order valence-corrected chi connectivity index (χ3v) is 5.90. The molecule has 1 saturated carbocycles. The topological polar surface area (TPSA) is 68.9 Å². The van der Waals surface area contributed by atoms with Crippen molar-refractivity contribution in [2.75, 3.05) is 19.7 Å². The van der Waals surface area contributed by atoms with E-state index in [1.165, 1.54) is 31.3 Å². The van der Waals surface area contributed by atoms with Crippen molar-refractivity contribution in [1.29, 1.82) is 0 Å². The number of hydrogen-bond donors (Lipinski definition) is 1. The van der Waals surface area contributed by atoms with Crippen LogP contribution in [0.4, 0.5) is 0 Å². The third kappa shape index (κ3) is 11.4. The molecule has 27 heavy (non-hydrogen) atoms. The maximum atomic E-state index is 6.10. The number of hydroxylamine groups is 2. The second-order valence-electron chi connectivity index (χ2n) is 7.50. The summed E-state index contributed by atoms with van der Waals surface area (Å²) < 4.78 is 11.6. The minimum atomic E-state index is 0.0998. The molecule has 160 valence electrons. The molecule has 1 aliphatic rings. The highest BCUT2D eigenvalue weighted by atomic mass is 32.2. The van der Waals surface area contributed by atoms with Crippen LogP contribution in [0.5, 0.6) is 0 Å². The zero-order valence-corrected chi connectivity index (χ0v) is 18.6. The van der Waals surface area contributed by atoms with Gasteiger partial charge in [-0.05, 0) is 43.6 Å². The summed E-state index contributed by atoms with van der Waals surface area (Å²) in [5, 5.41) is 6.35. The summed E-state index contributed by atoms with van der Waals surface area (Å²) in [4.78, 5) is 5.57. The molecule has 0 radical (unpaired) electrons. The molecule has 1 aliphatic carbocycles. The van der Waals surface area contributed by atoms with E-state index >= 15 is 0 Å². The van der Waals surface area contributed by atoms with Crippen LogP contribution in [0.15, 0.2) is 5.11 Å². The van der Waals surface area contributed by atoms with Gasteiger partial charge in [0.2, 0.25) is 0 Å². The van der Waals surface area contributed by atoms with Crippen LogP contribution in [0.25, 0.3) is 0 Å². The Bertz CT molecular complexity index is 355. The van der Waals surface area contributed by atoms with Gasteiger partial charge in [-0.1, -0.05) is 52.9 Å². The zero-order valence-electron chi connectivity index (χ0n) is 17.7. The Morgan fingerprint density at radius 3 is 2.30 bits per heavy atom. The minimum Gasteiger partial charge on any atom is -0.376 e. The van der Waals surface area contributed by atoms with Crippen LogP contribution in [-0.2, 0) is 14.1 Å². The van der Waals surface area contributed by atoms with Crippen molar-refractivity contribution in [3.8, 4) is 0 Å². The summed E-state index contributed by atoms with van der Waals surface area (Å²) in [7, 11) is 0. The van der Waals surface area contributed by atoms with Gasteiger partial charge in [0.1, 0.15) is 6.04 Å². The van der Waals surface area contributed by atoms with E-state index in [9.17, 15) is 0 Å². The summed E-state index contributed by atoms with van der Waals surface area (Å²) in [6.45, 7) is 9.24. The molecule has 2 N–H and O–H groups in total. The molecule has 0 spiro atoms. The van der Waals surface area contributed by atoms with Crippen molar-refractivity contribution in [3.05, 3.63) is 0 Å². The fourth-order valence-corrected chi connectivity index (χ4v) is 3.98. The van der Waals surface area contributed by atoms with Crippen molar-refractivity contribution >= 4 is 12.0 Å². The fourth-order valence-electron chi connectivity index (χ4n) is 3.25. The Hall–Kier alpha value is -0.210. The van der Waals surface area contributed by atoms with E-state index in [-0.39, 0.29) is 12.1 Å². The molecule has 0 aliphatic heterocycles. The first kappa shape index (κ1) is 24.8. The lowest BCUT2D eigenvalue weighted by atomic mass is 9.92. The third-order valence-electron chi connectivity index (χ3n) is 5.06. The van der Waals surface area contributed by atoms with E-state index in [1.54, 1.807) is 0 Å². The number of nitrogens with two attached hydrogens (primary N) is 1. The highest BCUT2D eigenvalue weighted by molar-refractivity contribution is 7.95. The standard InChI is InChI=1S/C20H41N3O3S/c1-4-7-10-11-16-24-20-17-18(12-13-19(20)22-21)27-26-25-23(14-8-5-2)15-9-6-3/h18-21H,4-17H2,1-3H3/p+1. The van der Waals surface area contributed by atoms with Gasteiger partial charge in [-0.25, -0.2) is 0 Å². The van der Waals surface area contributed by atoms with Gasteiger partial charge in [-0.3, -0.25) is 0 Å². The summed E-state index contributed by atoms with van der Waals surface area (Å²) in [5.74, 6) is 0. The van der Waals surface area contributed by atoms with Gasteiger partial charge in [-0.15, -0.1) is 9.32 Å². The Kier molecular flexibility index (Phi) is 15.4. The van der Waals surface area contributed by atoms with E-state index in [0.29, 0.717) is 5.25 Å². The van der Waals surface area contributed by atoms with Gasteiger partial charge in [0.15, 0.2) is 0 Å². The molecule has 0 aromatic heterocycles. The largest absolute Gasteiger partial charge is 0.376 e. The minimum absolute atomic E-state index is 0.0998. The van der Waals surface area contributed by atoms with Gasteiger partial charge >= 0.3 is 0 Å². The van der Waals surface area contributed by atoms with Gasteiger partial charge in [0.25, 0.3) is 0 Å². The van der Waals surface area contributed by atoms with Crippen LogP contribution in [0.2, 0.25) is 0 Å². The molecular formula is C20H42N3O3S+. The van der Waals surface area contributed by atoms with Gasteiger partial charge < -0.3 is 4.74 Å². The van der Waals surface area contributed by atoms with E-state index in [4.69, 9.17) is 19.6 Å². The molecule has 0 aromatic rings. The number of unbranched alkanes of at least 4 members (excludes halogenated alkanes) is 5. The van der Waals surface area contributed by atoms with Crippen LogP contribution in [0.3, 0.4) is 0 Å². The number of ether oxygens (including phenoxy) is 1. The molecule has 0 heterocycles. The summed E-state index contributed by atoms with van der Waals surface area (Å²) >= 11 is 1.43. The Labute approximate surface area is 170 Å². The molecule has 1 rings (SSSR count). The molecule has 0 aromatic carbocycles. The highest BCUT2D eigenvalue weighted by Gasteiger charge is 2.33. The van der Waals surface area contributed by atoms with Crippen LogP contribution in [0.1, 0.15) is 91.4 Å². The van der Waals surface area contributed by atoms with Crippen molar-refractivity contribution in [1.82, 2.24) is 5.06 Å². The maximum absolute atomic E-state index is 6.10. The lowest BCUT2D eigenvalue weighted by molar-refractivity contribution is -0.360. The first-order chi connectivity index (χ1) is 13.2. The van der Waals surface area contributed by atoms with Crippen LogP contribution >= 0.6 is 12.0 Å². The summed E-state index contributed by atoms with van der Waals surface area (Å²) in [6.07, 6.45) is 12.4. The van der Waals surface area contributed by atoms with Crippen molar-refractivity contribution in [2.45, 2.75) is 109 Å². The lowest BCUT2D eigenvalue weighted by Gasteiger charge is -2.31. The maximum Gasteiger partial charge on any atom is 0.138 e. The van der Waals surface area contributed by atoms with Gasteiger partial charge in [0, 0.05) is 37.0 Å². The predicted molar refractivity (Wildman–Crippen MR) is 111 cm³/mol. The van der Waals surface area contributed by atoms with E-state index in [0.717, 1.165) is 71.1 Å². The van der Waals surface area contributed by atoms with Gasteiger partial charge in [-0.2, -0.15) is 10.6 Å². The van der Waals surface area contributed by atoms with E-state index in [2.05, 4.69) is 25.9 Å². The molecule has 3 unspecified atom stereocenters. The number of hydrogen-bond acceptors (Lipinski definition) is 6.